The standard InChI is InChI=1S/C12H17BrN2O2S.ClH/c13-10-4-6-12(7-5-10)18(16,17)15-8-2-1-3-11(15)9-14;/h4-7,11H,1-3,8-9,14H2;1H. The van der Waals surface area contributed by atoms with Crippen molar-refractivity contribution in [3.8, 4) is 0 Å². The first-order chi connectivity index (χ1) is 8.55. The van der Waals surface area contributed by atoms with Gasteiger partial charge in [-0.15, -0.1) is 12.4 Å². The Bertz CT molecular complexity index is 507. The third kappa shape index (κ3) is 3.70. The van der Waals surface area contributed by atoms with Gasteiger partial charge in [0, 0.05) is 23.6 Å². The topological polar surface area (TPSA) is 63.4 Å². The highest BCUT2D eigenvalue weighted by Crippen LogP contribution is 2.25. The van der Waals surface area contributed by atoms with E-state index in [0.717, 1.165) is 23.7 Å². The maximum absolute atomic E-state index is 12.5. The predicted octanol–water partition coefficient (Wildman–Crippen LogP) is 2.37. The summed E-state index contributed by atoms with van der Waals surface area (Å²) < 4.78 is 27.5. The van der Waals surface area contributed by atoms with Gasteiger partial charge in [0.05, 0.1) is 4.90 Å². The van der Waals surface area contributed by atoms with Crippen LogP contribution in [0.4, 0.5) is 0 Å². The zero-order valence-corrected chi connectivity index (χ0v) is 13.7. The van der Waals surface area contributed by atoms with Gasteiger partial charge in [-0.25, -0.2) is 8.42 Å². The van der Waals surface area contributed by atoms with Crippen molar-refractivity contribution in [2.45, 2.75) is 30.2 Å². The lowest BCUT2D eigenvalue weighted by Crippen LogP contribution is -2.47. The van der Waals surface area contributed by atoms with E-state index in [-0.39, 0.29) is 18.4 Å². The number of rotatable bonds is 3. The molecule has 1 heterocycles. The molecule has 0 saturated carbocycles. The molecule has 1 aromatic carbocycles. The molecule has 0 amide bonds. The lowest BCUT2D eigenvalue weighted by Gasteiger charge is -2.33. The van der Waals surface area contributed by atoms with Crippen molar-refractivity contribution in [2.75, 3.05) is 13.1 Å². The summed E-state index contributed by atoms with van der Waals surface area (Å²) in [6, 6.07) is 6.68. The second-order valence-electron chi connectivity index (χ2n) is 4.45. The van der Waals surface area contributed by atoms with E-state index in [1.54, 1.807) is 28.6 Å². The summed E-state index contributed by atoms with van der Waals surface area (Å²) in [5.41, 5.74) is 5.68. The molecule has 4 nitrogen and oxygen atoms in total. The molecule has 0 bridgehead atoms. The zero-order chi connectivity index (χ0) is 13.2. The Hall–Kier alpha value is -0.140. The Morgan fingerprint density at radius 2 is 1.89 bits per heavy atom. The third-order valence-corrected chi connectivity index (χ3v) is 5.76. The van der Waals surface area contributed by atoms with Crippen molar-refractivity contribution < 1.29 is 8.42 Å². The highest BCUT2D eigenvalue weighted by Gasteiger charge is 2.32. The zero-order valence-electron chi connectivity index (χ0n) is 10.5. The van der Waals surface area contributed by atoms with Gasteiger partial charge in [-0.05, 0) is 37.1 Å². The molecule has 1 aliphatic rings. The van der Waals surface area contributed by atoms with Crippen LogP contribution in [0.5, 0.6) is 0 Å². The van der Waals surface area contributed by atoms with Crippen LogP contribution in [0.3, 0.4) is 0 Å². The van der Waals surface area contributed by atoms with Crippen LogP contribution in [0.25, 0.3) is 0 Å². The first-order valence-corrected chi connectivity index (χ1v) is 8.26. The van der Waals surface area contributed by atoms with Crippen LogP contribution in [0, 0.1) is 0 Å². The number of hydrogen-bond donors (Lipinski definition) is 1. The van der Waals surface area contributed by atoms with Gasteiger partial charge in [-0.2, -0.15) is 4.31 Å². The highest BCUT2D eigenvalue weighted by molar-refractivity contribution is 9.10. The Kier molecular flexibility index (Phi) is 6.26. The predicted molar refractivity (Wildman–Crippen MR) is 82.0 cm³/mol. The Morgan fingerprint density at radius 1 is 1.26 bits per heavy atom. The van der Waals surface area contributed by atoms with E-state index < -0.39 is 10.0 Å². The molecule has 1 saturated heterocycles. The van der Waals surface area contributed by atoms with Crippen molar-refractivity contribution in [1.82, 2.24) is 4.31 Å². The van der Waals surface area contributed by atoms with Gasteiger partial charge >= 0.3 is 0 Å². The summed E-state index contributed by atoms with van der Waals surface area (Å²) in [5, 5.41) is 0. The maximum atomic E-state index is 12.5. The van der Waals surface area contributed by atoms with E-state index in [1.807, 2.05) is 0 Å². The van der Waals surface area contributed by atoms with Crippen molar-refractivity contribution in [3.63, 3.8) is 0 Å². The molecule has 1 unspecified atom stereocenters. The Labute approximate surface area is 128 Å². The van der Waals surface area contributed by atoms with Crippen LogP contribution < -0.4 is 5.73 Å². The average molecular weight is 370 g/mol. The van der Waals surface area contributed by atoms with E-state index in [4.69, 9.17) is 5.73 Å². The smallest absolute Gasteiger partial charge is 0.243 e. The fourth-order valence-electron chi connectivity index (χ4n) is 2.27. The number of halogens is 2. The van der Waals surface area contributed by atoms with Gasteiger partial charge in [0.2, 0.25) is 10.0 Å². The molecule has 0 spiro atoms. The van der Waals surface area contributed by atoms with Crippen LogP contribution in [-0.2, 0) is 10.0 Å². The molecule has 1 fully saturated rings. The molecule has 0 aliphatic carbocycles. The fourth-order valence-corrected chi connectivity index (χ4v) is 4.24. The minimum absolute atomic E-state index is 0. The van der Waals surface area contributed by atoms with Gasteiger partial charge in [0.15, 0.2) is 0 Å². The highest BCUT2D eigenvalue weighted by atomic mass is 79.9. The molecular weight excluding hydrogens is 352 g/mol. The van der Waals surface area contributed by atoms with E-state index in [2.05, 4.69) is 15.9 Å². The first kappa shape index (κ1) is 16.9. The van der Waals surface area contributed by atoms with E-state index in [1.165, 1.54) is 0 Å². The number of sulfonamides is 1. The Balaban J connectivity index is 0.00000180. The number of nitrogens with two attached hydrogens (primary N) is 1. The summed E-state index contributed by atoms with van der Waals surface area (Å²) in [5.74, 6) is 0. The SMILES string of the molecule is Cl.NCC1CCCCN1S(=O)(=O)c1ccc(Br)cc1. The molecule has 2 N–H and O–H groups in total. The molecule has 19 heavy (non-hydrogen) atoms. The molecular formula is C12H18BrClN2O2S. The van der Waals surface area contributed by atoms with Gasteiger partial charge in [0.1, 0.15) is 0 Å². The van der Waals surface area contributed by atoms with E-state index in [0.29, 0.717) is 18.0 Å². The lowest BCUT2D eigenvalue weighted by atomic mass is 10.1. The molecule has 0 aromatic heterocycles. The van der Waals surface area contributed by atoms with E-state index in [9.17, 15) is 8.42 Å². The number of nitrogens with zero attached hydrogens (tertiary/aromatic N) is 1. The average Bonchev–Trinajstić information content (AvgIpc) is 2.39. The van der Waals surface area contributed by atoms with Gasteiger partial charge < -0.3 is 5.73 Å². The van der Waals surface area contributed by atoms with Crippen LogP contribution >= 0.6 is 28.3 Å². The van der Waals surface area contributed by atoms with Crippen LogP contribution in [0.1, 0.15) is 19.3 Å². The van der Waals surface area contributed by atoms with Crippen molar-refractivity contribution in [2.24, 2.45) is 5.73 Å². The normalized spacial score (nSPS) is 20.8. The monoisotopic (exact) mass is 368 g/mol. The minimum atomic E-state index is -3.41. The summed E-state index contributed by atoms with van der Waals surface area (Å²) >= 11 is 3.31. The maximum Gasteiger partial charge on any atom is 0.243 e. The molecule has 1 atom stereocenters. The van der Waals surface area contributed by atoms with Crippen molar-refractivity contribution >= 4 is 38.4 Å². The summed E-state index contributed by atoms with van der Waals surface area (Å²) in [7, 11) is -3.41. The quantitative estimate of drug-likeness (QED) is 0.889. The molecule has 108 valence electrons. The second-order valence-corrected chi connectivity index (χ2v) is 7.26. The van der Waals surface area contributed by atoms with Gasteiger partial charge in [0.25, 0.3) is 0 Å². The van der Waals surface area contributed by atoms with Crippen molar-refractivity contribution in [3.05, 3.63) is 28.7 Å². The summed E-state index contributed by atoms with van der Waals surface area (Å²) in [4.78, 5) is 0.339. The lowest BCUT2D eigenvalue weighted by molar-refractivity contribution is 0.257. The van der Waals surface area contributed by atoms with Crippen molar-refractivity contribution in [1.29, 1.82) is 0 Å². The summed E-state index contributed by atoms with van der Waals surface area (Å²) in [6.07, 6.45) is 2.81. The first-order valence-electron chi connectivity index (χ1n) is 6.03. The van der Waals surface area contributed by atoms with Crippen LogP contribution in [0.15, 0.2) is 33.6 Å². The molecule has 1 aromatic rings. The van der Waals surface area contributed by atoms with Crippen LogP contribution in [-0.4, -0.2) is 31.9 Å². The molecule has 0 radical (unpaired) electrons. The fraction of sp³-hybridized carbons (Fsp3) is 0.500. The third-order valence-electron chi connectivity index (χ3n) is 3.27. The Morgan fingerprint density at radius 3 is 2.47 bits per heavy atom. The minimum Gasteiger partial charge on any atom is -0.329 e. The largest absolute Gasteiger partial charge is 0.329 e. The molecule has 7 heteroatoms. The molecule has 2 rings (SSSR count). The van der Waals surface area contributed by atoms with Gasteiger partial charge in [-0.3, -0.25) is 0 Å². The number of benzene rings is 1. The van der Waals surface area contributed by atoms with Crippen LogP contribution in [0.2, 0.25) is 0 Å². The number of hydrogen-bond acceptors (Lipinski definition) is 3. The molecule has 1 aliphatic heterocycles. The second kappa shape index (κ2) is 7.04. The summed E-state index contributed by atoms with van der Waals surface area (Å²) in [6.45, 7) is 0.954. The van der Waals surface area contributed by atoms with E-state index >= 15 is 0 Å². The van der Waals surface area contributed by atoms with Gasteiger partial charge in [-0.1, -0.05) is 22.4 Å². The number of piperidine rings is 1.